The number of carbonyl (C=O) groups excluding carboxylic acids is 1. The first-order chi connectivity index (χ1) is 10.6. The predicted molar refractivity (Wildman–Crippen MR) is 97.0 cm³/mol. The van der Waals surface area contributed by atoms with Crippen LogP contribution in [0.2, 0.25) is 0 Å². The Kier molecular flexibility index (Phi) is 6.92. The van der Waals surface area contributed by atoms with E-state index >= 15 is 0 Å². The second-order valence-electron chi connectivity index (χ2n) is 7.57. The first-order valence-electron chi connectivity index (χ1n) is 8.36. The van der Waals surface area contributed by atoms with Crippen molar-refractivity contribution in [3.8, 4) is 0 Å². The van der Waals surface area contributed by atoms with Gasteiger partial charge in [-0.3, -0.25) is 0 Å². The molecule has 0 aliphatic heterocycles. The van der Waals surface area contributed by atoms with Crippen LogP contribution in [0.1, 0.15) is 45.7 Å². The van der Waals surface area contributed by atoms with E-state index < -0.39 is 5.60 Å². The monoisotopic (exact) mass is 320 g/mol. The second kappa shape index (κ2) is 8.23. The summed E-state index contributed by atoms with van der Waals surface area (Å²) in [6.07, 6.45) is -0.352. The van der Waals surface area contributed by atoms with Crippen molar-refractivity contribution in [2.24, 2.45) is 11.8 Å². The number of alkyl carbamates (subject to hydrolysis) is 1. The van der Waals surface area contributed by atoms with E-state index in [1.54, 1.807) is 0 Å². The normalized spacial score (nSPS) is 12.9. The molecule has 23 heavy (non-hydrogen) atoms. The number of benzene rings is 1. The first-order valence-corrected chi connectivity index (χ1v) is 8.36. The van der Waals surface area contributed by atoms with Crippen molar-refractivity contribution < 1.29 is 9.53 Å². The molecule has 130 valence electrons. The van der Waals surface area contributed by atoms with E-state index in [9.17, 15) is 4.79 Å². The summed E-state index contributed by atoms with van der Waals surface area (Å²) in [5.74, 6) is 0.799. The van der Waals surface area contributed by atoms with E-state index in [2.05, 4.69) is 56.5 Å². The quantitative estimate of drug-likeness (QED) is 0.810. The summed E-state index contributed by atoms with van der Waals surface area (Å²) < 4.78 is 5.29. The lowest BCUT2D eigenvalue weighted by Crippen LogP contribution is -2.38. The van der Waals surface area contributed by atoms with Crippen molar-refractivity contribution in [2.45, 2.75) is 54.1 Å². The van der Waals surface area contributed by atoms with Gasteiger partial charge in [-0.2, -0.15) is 0 Å². The number of ether oxygens (including phenoxy) is 1. The molecule has 0 saturated carbocycles. The van der Waals surface area contributed by atoms with Crippen molar-refractivity contribution in [1.29, 1.82) is 0 Å². The molecule has 0 radical (unpaired) electrons. The average Bonchev–Trinajstić information content (AvgIpc) is 2.40. The molecule has 1 unspecified atom stereocenters. The third kappa shape index (κ3) is 7.40. The van der Waals surface area contributed by atoms with Crippen molar-refractivity contribution in [3.05, 3.63) is 29.3 Å². The van der Waals surface area contributed by atoms with Gasteiger partial charge in [0.2, 0.25) is 0 Å². The van der Waals surface area contributed by atoms with Crippen LogP contribution in [0, 0.1) is 25.7 Å². The van der Waals surface area contributed by atoms with Gasteiger partial charge in [0.1, 0.15) is 5.60 Å². The molecule has 1 aromatic rings. The Hall–Kier alpha value is -1.71. The van der Waals surface area contributed by atoms with Gasteiger partial charge in [-0.15, -0.1) is 0 Å². The van der Waals surface area contributed by atoms with E-state index in [-0.39, 0.29) is 6.09 Å². The summed E-state index contributed by atoms with van der Waals surface area (Å²) in [6.45, 7) is 15.6. The molecule has 0 heterocycles. The Labute approximate surface area is 141 Å². The van der Waals surface area contributed by atoms with Gasteiger partial charge in [0.05, 0.1) is 0 Å². The van der Waals surface area contributed by atoms with Crippen LogP contribution in [0.25, 0.3) is 0 Å². The van der Waals surface area contributed by atoms with Crippen molar-refractivity contribution in [1.82, 2.24) is 5.32 Å². The van der Waals surface area contributed by atoms with Gasteiger partial charge in [0, 0.05) is 18.8 Å². The van der Waals surface area contributed by atoms with Crippen molar-refractivity contribution in [2.75, 3.05) is 18.4 Å². The Balaban J connectivity index is 2.52. The van der Waals surface area contributed by atoms with Crippen LogP contribution in [-0.4, -0.2) is 24.8 Å². The van der Waals surface area contributed by atoms with Crippen LogP contribution < -0.4 is 10.6 Å². The zero-order valence-corrected chi connectivity index (χ0v) is 15.6. The van der Waals surface area contributed by atoms with Crippen LogP contribution in [-0.2, 0) is 4.74 Å². The van der Waals surface area contributed by atoms with Crippen LogP contribution in [0.4, 0.5) is 10.5 Å². The first kappa shape index (κ1) is 19.3. The zero-order valence-electron chi connectivity index (χ0n) is 15.6. The molecular formula is C19H32N2O2. The summed E-state index contributed by atoms with van der Waals surface area (Å²) in [5, 5.41) is 6.35. The number of amides is 1. The summed E-state index contributed by atoms with van der Waals surface area (Å²) in [5.41, 5.74) is 3.23. The molecule has 2 N–H and O–H groups in total. The lowest BCUT2D eigenvalue weighted by atomic mass is 9.95. The number of hydrogen-bond donors (Lipinski definition) is 2. The zero-order chi connectivity index (χ0) is 17.6. The van der Waals surface area contributed by atoms with Crippen LogP contribution in [0.3, 0.4) is 0 Å². The molecule has 0 spiro atoms. The van der Waals surface area contributed by atoms with Gasteiger partial charge in [-0.05, 0) is 69.7 Å². The topological polar surface area (TPSA) is 50.4 Å². The van der Waals surface area contributed by atoms with E-state index in [1.165, 1.54) is 11.1 Å². The van der Waals surface area contributed by atoms with E-state index in [1.807, 2.05) is 20.8 Å². The Morgan fingerprint density at radius 2 is 1.78 bits per heavy atom. The van der Waals surface area contributed by atoms with Gasteiger partial charge in [-0.1, -0.05) is 19.9 Å². The Morgan fingerprint density at radius 3 is 2.30 bits per heavy atom. The maximum atomic E-state index is 11.8. The summed E-state index contributed by atoms with van der Waals surface area (Å²) >= 11 is 0. The van der Waals surface area contributed by atoms with E-state index in [4.69, 9.17) is 4.74 Å². The largest absolute Gasteiger partial charge is 0.444 e. The minimum atomic E-state index is -0.463. The fourth-order valence-electron chi connectivity index (χ4n) is 2.17. The molecule has 0 aliphatic rings. The van der Waals surface area contributed by atoms with Crippen molar-refractivity contribution in [3.63, 3.8) is 0 Å². The number of aryl methyl sites for hydroxylation is 2. The van der Waals surface area contributed by atoms with Crippen LogP contribution in [0.5, 0.6) is 0 Å². The van der Waals surface area contributed by atoms with E-state index in [0.717, 1.165) is 12.2 Å². The summed E-state index contributed by atoms with van der Waals surface area (Å²) in [7, 11) is 0. The number of rotatable bonds is 6. The van der Waals surface area contributed by atoms with Crippen molar-refractivity contribution >= 4 is 11.8 Å². The Morgan fingerprint density at radius 1 is 1.13 bits per heavy atom. The second-order valence-corrected chi connectivity index (χ2v) is 7.57. The molecule has 1 amide bonds. The molecule has 0 aromatic heterocycles. The lowest BCUT2D eigenvalue weighted by Gasteiger charge is -2.24. The third-order valence-electron chi connectivity index (χ3n) is 3.93. The molecule has 0 saturated heterocycles. The SMILES string of the molecule is Cc1ccc(NCC(CNC(=O)OC(C)(C)C)C(C)C)cc1C. The van der Waals surface area contributed by atoms with Gasteiger partial charge in [0.15, 0.2) is 0 Å². The van der Waals surface area contributed by atoms with Gasteiger partial charge < -0.3 is 15.4 Å². The highest BCUT2D eigenvalue weighted by Gasteiger charge is 2.19. The molecule has 1 atom stereocenters. The minimum Gasteiger partial charge on any atom is -0.444 e. The molecule has 0 fully saturated rings. The molecular weight excluding hydrogens is 288 g/mol. The summed E-state index contributed by atoms with van der Waals surface area (Å²) in [6, 6.07) is 6.38. The lowest BCUT2D eigenvalue weighted by molar-refractivity contribution is 0.0516. The maximum Gasteiger partial charge on any atom is 0.407 e. The standard InChI is InChI=1S/C19H32N2O2/c1-13(2)16(12-21-18(22)23-19(5,6)7)11-20-17-9-8-14(3)15(4)10-17/h8-10,13,16,20H,11-12H2,1-7H3,(H,21,22). The number of anilines is 1. The van der Waals surface area contributed by atoms with Gasteiger partial charge in [-0.25, -0.2) is 4.79 Å². The maximum absolute atomic E-state index is 11.8. The van der Waals surface area contributed by atoms with Gasteiger partial charge in [0.25, 0.3) is 0 Å². The molecule has 4 heteroatoms. The molecule has 1 rings (SSSR count). The molecule has 4 nitrogen and oxygen atoms in total. The van der Waals surface area contributed by atoms with Crippen LogP contribution >= 0.6 is 0 Å². The Bertz CT molecular complexity index is 519. The highest BCUT2D eigenvalue weighted by Crippen LogP contribution is 2.17. The average molecular weight is 320 g/mol. The molecule has 0 aliphatic carbocycles. The molecule has 0 bridgehead atoms. The number of hydrogen-bond acceptors (Lipinski definition) is 3. The van der Waals surface area contributed by atoms with E-state index in [0.29, 0.717) is 18.4 Å². The fraction of sp³-hybridized carbons (Fsp3) is 0.632. The highest BCUT2D eigenvalue weighted by molar-refractivity contribution is 5.67. The number of nitrogens with one attached hydrogen (secondary N) is 2. The summed E-state index contributed by atoms with van der Waals surface area (Å²) in [4.78, 5) is 11.8. The predicted octanol–water partition coefficient (Wildman–Crippen LogP) is 4.51. The highest BCUT2D eigenvalue weighted by atomic mass is 16.6. The number of carbonyl (C=O) groups is 1. The molecule has 1 aromatic carbocycles. The van der Waals surface area contributed by atoms with Gasteiger partial charge >= 0.3 is 6.09 Å². The smallest absolute Gasteiger partial charge is 0.407 e. The third-order valence-corrected chi connectivity index (χ3v) is 3.93. The fourth-order valence-corrected chi connectivity index (χ4v) is 2.17. The van der Waals surface area contributed by atoms with Crippen LogP contribution in [0.15, 0.2) is 18.2 Å². The minimum absolute atomic E-state index is 0.337.